The molecule has 0 saturated carbocycles. The van der Waals surface area contributed by atoms with E-state index in [-0.39, 0.29) is 11.9 Å². The molecule has 3 aromatic rings. The number of rotatable bonds is 3. The Bertz CT molecular complexity index is 910. The van der Waals surface area contributed by atoms with Gasteiger partial charge in [-0.05, 0) is 31.4 Å². The highest BCUT2D eigenvalue weighted by molar-refractivity contribution is 5.93. The largest absolute Gasteiger partial charge is 0.368 e. The van der Waals surface area contributed by atoms with Crippen LogP contribution in [0.4, 0.5) is 5.82 Å². The van der Waals surface area contributed by atoms with Crippen LogP contribution in [0, 0.1) is 0 Å². The van der Waals surface area contributed by atoms with Crippen molar-refractivity contribution in [1.82, 2.24) is 9.97 Å². The average molecular weight is 332 g/mol. The van der Waals surface area contributed by atoms with E-state index in [4.69, 9.17) is 15.7 Å². The third-order valence-corrected chi connectivity index (χ3v) is 4.72. The first-order chi connectivity index (χ1) is 12.2. The van der Waals surface area contributed by atoms with Crippen LogP contribution in [0.5, 0.6) is 0 Å². The van der Waals surface area contributed by atoms with Crippen LogP contribution in [0.1, 0.15) is 19.3 Å². The van der Waals surface area contributed by atoms with Crippen molar-refractivity contribution in [2.75, 3.05) is 11.4 Å². The molecule has 1 aliphatic rings. The molecular weight excluding hydrogens is 312 g/mol. The Morgan fingerprint density at radius 1 is 1.00 bits per heavy atom. The van der Waals surface area contributed by atoms with Crippen LogP contribution in [0.2, 0.25) is 0 Å². The van der Waals surface area contributed by atoms with Crippen molar-refractivity contribution in [2.45, 2.75) is 25.3 Å². The number of amides is 1. The average Bonchev–Trinajstić information content (AvgIpc) is 2.68. The van der Waals surface area contributed by atoms with Crippen LogP contribution in [0.15, 0.2) is 54.6 Å². The van der Waals surface area contributed by atoms with Crippen LogP contribution in [0.25, 0.3) is 22.3 Å². The van der Waals surface area contributed by atoms with E-state index in [1.807, 2.05) is 54.6 Å². The van der Waals surface area contributed by atoms with Gasteiger partial charge in [-0.2, -0.15) is 0 Å². The molecule has 1 aromatic heterocycles. The van der Waals surface area contributed by atoms with Gasteiger partial charge in [0.1, 0.15) is 11.9 Å². The van der Waals surface area contributed by atoms with E-state index in [0.717, 1.165) is 48.1 Å². The minimum absolute atomic E-state index is 0.288. The number of anilines is 1. The Hall–Kier alpha value is -2.95. The first-order valence-electron chi connectivity index (χ1n) is 8.62. The number of piperidine rings is 1. The van der Waals surface area contributed by atoms with Gasteiger partial charge < -0.3 is 10.6 Å². The number of carbonyl (C=O) groups excluding carboxylic acids is 1. The molecule has 2 heterocycles. The molecule has 0 bridgehead atoms. The summed E-state index contributed by atoms with van der Waals surface area (Å²) in [6, 6.07) is 17.5. The molecule has 0 spiro atoms. The SMILES string of the molecule is NC(=O)[C@@H]1CCCCN1c1nc(-c2ccccc2)nc2ccccc12. The number of carbonyl (C=O) groups is 1. The highest BCUT2D eigenvalue weighted by Crippen LogP contribution is 2.31. The van der Waals surface area contributed by atoms with Gasteiger partial charge in [0.2, 0.25) is 5.91 Å². The predicted octanol–water partition coefficient (Wildman–Crippen LogP) is 3.14. The van der Waals surface area contributed by atoms with E-state index in [9.17, 15) is 4.79 Å². The number of fused-ring (bicyclic) bond motifs is 1. The maximum absolute atomic E-state index is 12.0. The smallest absolute Gasteiger partial charge is 0.240 e. The lowest BCUT2D eigenvalue weighted by Crippen LogP contribution is -2.48. The summed E-state index contributed by atoms with van der Waals surface area (Å²) in [4.78, 5) is 23.6. The first-order valence-corrected chi connectivity index (χ1v) is 8.62. The minimum atomic E-state index is -0.310. The number of nitrogens with zero attached hydrogens (tertiary/aromatic N) is 3. The van der Waals surface area contributed by atoms with Gasteiger partial charge in [0.05, 0.1) is 5.52 Å². The monoisotopic (exact) mass is 332 g/mol. The zero-order valence-corrected chi connectivity index (χ0v) is 13.9. The fraction of sp³-hybridized carbons (Fsp3) is 0.250. The van der Waals surface area contributed by atoms with E-state index in [2.05, 4.69) is 4.90 Å². The third kappa shape index (κ3) is 2.93. The normalized spacial score (nSPS) is 17.6. The summed E-state index contributed by atoms with van der Waals surface area (Å²) in [5, 5.41) is 0.954. The minimum Gasteiger partial charge on any atom is -0.368 e. The molecule has 2 N–H and O–H groups in total. The molecule has 25 heavy (non-hydrogen) atoms. The maximum Gasteiger partial charge on any atom is 0.240 e. The lowest BCUT2D eigenvalue weighted by atomic mass is 10.0. The van der Waals surface area contributed by atoms with Gasteiger partial charge in [0.25, 0.3) is 0 Å². The summed E-state index contributed by atoms with van der Waals surface area (Å²) in [7, 11) is 0. The number of primary amides is 1. The van der Waals surface area contributed by atoms with Gasteiger partial charge in [-0.15, -0.1) is 0 Å². The Morgan fingerprint density at radius 2 is 1.76 bits per heavy atom. The van der Waals surface area contributed by atoms with Gasteiger partial charge >= 0.3 is 0 Å². The standard InChI is InChI=1S/C20H20N4O/c21-18(25)17-12-6-7-13-24(17)20-15-10-4-5-11-16(15)22-19(23-20)14-8-2-1-3-9-14/h1-5,8-11,17H,6-7,12-13H2,(H2,21,25)/t17-/m0/s1. The Morgan fingerprint density at radius 3 is 2.56 bits per heavy atom. The molecular formula is C20H20N4O. The second-order valence-corrected chi connectivity index (χ2v) is 6.36. The molecule has 1 saturated heterocycles. The Labute approximate surface area is 146 Å². The lowest BCUT2D eigenvalue weighted by Gasteiger charge is -2.35. The highest BCUT2D eigenvalue weighted by Gasteiger charge is 2.29. The van der Waals surface area contributed by atoms with Gasteiger partial charge in [-0.3, -0.25) is 4.79 Å². The van der Waals surface area contributed by atoms with Crippen LogP contribution in [-0.2, 0) is 4.79 Å². The van der Waals surface area contributed by atoms with Crippen LogP contribution < -0.4 is 10.6 Å². The molecule has 5 heteroatoms. The van der Waals surface area contributed by atoms with Crippen molar-refractivity contribution < 1.29 is 4.79 Å². The second kappa shape index (κ2) is 6.51. The fourth-order valence-electron chi connectivity index (χ4n) is 3.48. The lowest BCUT2D eigenvalue weighted by molar-refractivity contribution is -0.119. The van der Waals surface area contributed by atoms with Crippen molar-refractivity contribution >= 4 is 22.6 Å². The van der Waals surface area contributed by atoms with Gasteiger partial charge in [0, 0.05) is 17.5 Å². The van der Waals surface area contributed by atoms with Crippen molar-refractivity contribution in [3.63, 3.8) is 0 Å². The maximum atomic E-state index is 12.0. The molecule has 0 aliphatic carbocycles. The Balaban J connectivity index is 1.91. The van der Waals surface area contributed by atoms with E-state index in [0.29, 0.717) is 5.82 Å². The Kier molecular flexibility index (Phi) is 4.06. The molecule has 5 nitrogen and oxygen atoms in total. The number of nitrogens with two attached hydrogens (primary N) is 1. The molecule has 0 radical (unpaired) electrons. The zero-order chi connectivity index (χ0) is 17.2. The van der Waals surface area contributed by atoms with Gasteiger partial charge in [-0.1, -0.05) is 42.5 Å². The topological polar surface area (TPSA) is 72.1 Å². The summed E-state index contributed by atoms with van der Waals surface area (Å²) >= 11 is 0. The molecule has 1 fully saturated rings. The number of hydrogen-bond acceptors (Lipinski definition) is 4. The number of hydrogen-bond donors (Lipinski definition) is 1. The van der Waals surface area contributed by atoms with Crippen LogP contribution >= 0.6 is 0 Å². The highest BCUT2D eigenvalue weighted by atomic mass is 16.1. The zero-order valence-electron chi connectivity index (χ0n) is 13.9. The molecule has 2 aromatic carbocycles. The molecule has 126 valence electrons. The van der Waals surface area contributed by atoms with Crippen molar-refractivity contribution in [3.05, 3.63) is 54.6 Å². The van der Waals surface area contributed by atoms with Crippen molar-refractivity contribution in [3.8, 4) is 11.4 Å². The summed E-state index contributed by atoms with van der Waals surface area (Å²) in [5.41, 5.74) is 7.50. The predicted molar refractivity (Wildman–Crippen MR) is 99.2 cm³/mol. The molecule has 1 atom stereocenters. The molecule has 1 aliphatic heterocycles. The number of benzene rings is 2. The van der Waals surface area contributed by atoms with E-state index in [1.165, 1.54) is 0 Å². The van der Waals surface area contributed by atoms with Crippen LogP contribution in [-0.4, -0.2) is 28.5 Å². The van der Waals surface area contributed by atoms with E-state index < -0.39 is 0 Å². The quantitative estimate of drug-likeness (QED) is 0.800. The summed E-state index contributed by atoms with van der Waals surface area (Å²) < 4.78 is 0. The molecule has 0 unspecified atom stereocenters. The number of aromatic nitrogens is 2. The first kappa shape index (κ1) is 15.6. The van der Waals surface area contributed by atoms with Gasteiger partial charge in [0.15, 0.2) is 5.82 Å². The van der Waals surface area contributed by atoms with Crippen molar-refractivity contribution in [1.29, 1.82) is 0 Å². The van der Waals surface area contributed by atoms with Crippen LogP contribution in [0.3, 0.4) is 0 Å². The molecule has 1 amide bonds. The van der Waals surface area contributed by atoms with Gasteiger partial charge in [-0.25, -0.2) is 9.97 Å². The van der Waals surface area contributed by atoms with E-state index >= 15 is 0 Å². The van der Waals surface area contributed by atoms with E-state index in [1.54, 1.807) is 0 Å². The third-order valence-electron chi connectivity index (χ3n) is 4.72. The second-order valence-electron chi connectivity index (χ2n) is 6.36. The summed E-state index contributed by atoms with van der Waals surface area (Å²) in [5.74, 6) is 1.18. The molecule has 4 rings (SSSR count). The fourth-order valence-corrected chi connectivity index (χ4v) is 3.48. The summed E-state index contributed by atoms with van der Waals surface area (Å²) in [6.45, 7) is 0.781. The number of para-hydroxylation sites is 1. The van der Waals surface area contributed by atoms with Crippen molar-refractivity contribution in [2.24, 2.45) is 5.73 Å². The summed E-state index contributed by atoms with van der Waals surface area (Å²) in [6.07, 6.45) is 2.82.